The summed E-state index contributed by atoms with van der Waals surface area (Å²) >= 11 is 0. The van der Waals surface area contributed by atoms with E-state index in [4.69, 9.17) is 0 Å². The van der Waals surface area contributed by atoms with E-state index >= 15 is 0 Å². The van der Waals surface area contributed by atoms with Gasteiger partial charge in [0.1, 0.15) is 11.6 Å². The summed E-state index contributed by atoms with van der Waals surface area (Å²) in [5, 5.41) is 12.8. The normalized spacial score (nSPS) is 21.4. The molecule has 0 aromatic carbocycles. The Kier molecular flexibility index (Phi) is 2.29. The van der Waals surface area contributed by atoms with Crippen LogP contribution >= 0.6 is 0 Å². The third-order valence-corrected chi connectivity index (χ3v) is 3.21. The third kappa shape index (κ3) is 1.55. The number of pyridine rings is 1. The summed E-state index contributed by atoms with van der Waals surface area (Å²) in [5.74, 6) is 1.88. The molecule has 0 radical (unpaired) electrons. The Morgan fingerprint density at radius 3 is 3.25 bits per heavy atom. The van der Waals surface area contributed by atoms with Crippen LogP contribution in [0.1, 0.15) is 24.6 Å². The highest BCUT2D eigenvalue weighted by atomic mass is 16.3. The highest BCUT2D eigenvalue weighted by Gasteiger charge is 2.19. The Hall–Kier alpha value is -1.55. The molecular weight excluding hydrogens is 202 g/mol. The molecule has 2 aromatic heterocycles. The first-order valence-corrected chi connectivity index (χ1v) is 5.71. The van der Waals surface area contributed by atoms with Gasteiger partial charge in [-0.1, -0.05) is 0 Å². The van der Waals surface area contributed by atoms with E-state index in [1.165, 1.54) is 12.8 Å². The van der Waals surface area contributed by atoms with Crippen LogP contribution in [0.3, 0.4) is 0 Å². The van der Waals surface area contributed by atoms with Gasteiger partial charge in [0, 0.05) is 24.7 Å². The maximum atomic E-state index is 9.40. The summed E-state index contributed by atoms with van der Waals surface area (Å²) < 4.78 is 2.07. The minimum Gasteiger partial charge on any atom is -0.508 e. The SMILES string of the molecule is Oc1ccn2c(C3CCCNC3)ncc2c1. The number of piperidine rings is 1. The van der Waals surface area contributed by atoms with E-state index in [0.29, 0.717) is 11.7 Å². The summed E-state index contributed by atoms with van der Waals surface area (Å²) in [4.78, 5) is 4.47. The Morgan fingerprint density at radius 2 is 2.44 bits per heavy atom. The van der Waals surface area contributed by atoms with E-state index < -0.39 is 0 Å². The number of hydrogen-bond donors (Lipinski definition) is 2. The van der Waals surface area contributed by atoms with Crippen LogP contribution in [0.5, 0.6) is 5.75 Å². The minimum absolute atomic E-state index is 0.292. The molecule has 16 heavy (non-hydrogen) atoms. The van der Waals surface area contributed by atoms with Gasteiger partial charge in [-0.2, -0.15) is 0 Å². The number of aromatic hydroxyl groups is 1. The number of imidazole rings is 1. The third-order valence-electron chi connectivity index (χ3n) is 3.21. The van der Waals surface area contributed by atoms with E-state index in [1.54, 1.807) is 12.1 Å². The molecule has 1 aliphatic rings. The minimum atomic E-state index is 0.292. The molecule has 0 spiro atoms. The van der Waals surface area contributed by atoms with Crippen LogP contribution in [0.2, 0.25) is 0 Å². The van der Waals surface area contributed by atoms with Crippen molar-refractivity contribution in [2.24, 2.45) is 0 Å². The fourth-order valence-electron chi connectivity index (χ4n) is 2.38. The zero-order valence-corrected chi connectivity index (χ0v) is 9.06. The lowest BCUT2D eigenvalue weighted by Gasteiger charge is -2.21. The van der Waals surface area contributed by atoms with Crippen molar-refractivity contribution in [3.05, 3.63) is 30.4 Å². The maximum Gasteiger partial charge on any atom is 0.119 e. The summed E-state index contributed by atoms with van der Waals surface area (Å²) in [5.41, 5.74) is 0.959. The van der Waals surface area contributed by atoms with Gasteiger partial charge < -0.3 is 14.8 Å². The average molecular weight is 217 g/mol. The molecule has 1 fully saturated rings. The van der Waals surface area contributed by atoms with Crippen LogP contribution in [-0.2, 0) is 0 Å². The van der Waals surface area contributed by atoms with Gasteiger partial charge in [-0.05, 0) is 25.5 Å². The van der Waals surface area contributed by atoms with Crippen molar-refractivity contribution >= 4 is 5.52 Å². The Labute approximate surface area is 93.9 Å². The van der Waals surface area contributed by atoms with E-state index in [0.717, 1.165) is 24.4 Å². The zero-order chi connectivity index (χ0) is 11.0. The van der Waals surface area contributed by atoms with Gasteiger partial charge in [-0.15, -0.1) is 0 Å². The van der Waals surface area contributed by atoms with Crippen molar-refractivity contribution < 1.29 is 5.11 Å². The fourth-order valence-corrected chi connectivity index (χ4v) is 2.38. The van der Waals surface area contributed by atoms with Crippen molar-refractivity contribution in [3.63, 3.8) is 0 Å². The van der Waals surface area contributed by atoms with Gasteiger partial charge in [-0.25, -0.2) is 4.98 Å². The van der Waals surface area contributed by atoms with Gasteiger partial charge in [0.2, 0.25) is 0 Å². The molecule has 1 aliphatic heterocycles. The van der Waals surface area contributed by atoms with Crippen LogP contribution < -0.4 is 5.32 Å². The largest absolute Gasteiger partial charge is 0.508 e. The molecule has 1 unspecified atom stereocenters. The number of fused-ring (bicyclic) bond motifs is 1. The molecule has 1 saturated heterocycles. The smallest absolute Gasteiger partial charge is 0.119 e. The lowest BCUT2D eigenvalue weighted by atomic mass is 9.99. The van der Waals surface area contributed by atoms with E-state index in [-0.39, 0.29) is 0 Å². The molecule has 4 nitrogen and oxygen atoms in total. The molecule has 0 bridgehead atoms. The molecule has 0 amide bonds. The monoisotopic (exact) mass is 217 g/mol. The molecule has 1 atom stereocenters. The first-order valence-electron chi connectivity index (χ1n) is 5.71. The van der Waals surface area contributed by atoms with E-state index in [2.05, 4.69) is 14.7 Å². The van der Waals surface area contributed by atoms with Gasteiger partial charge >= 0.3 is 0 Å². The quantitative estimate of drug-likeness (QED) is 0.761. The number of aromatic nitrogens is 2. The van der Waals surface area contributed by atoms with Crippen LogP contribution in [-0.4, -0.2) is 27.6 Å². The van der Waals surface area contributed by atoms with Gasteiger partial charge in [-0.3, -0.25) is 0 Å². The predicted molar refractivity (Wildman–Crippen MR) is 61.7 cm³/mol. The van der Waals surface area contributed by atoms with Crippen molar-refractivity contribution in [1.29, 1.82) is 0 Å². The van der Waals surface area contributed by atoms with Crippen molar-refractivity contribution in [2.75, 3.05) is 13.1 Å². The molecule has 2 aromatic rings. The van der Waals surface area contributed by atoms with Gasteiger partial charge in [0.05, 0.1) is 11.7 Å². The van der Waals surface area contributed by atoms with Crippen LogP contribution in [0.25, 0.3) is 5.52 Å². The summed E-state index contributed by atoms with van der Waals surface area (Å²) in [7, 11) is 0. The maximum absolute atomic E-state index is 9.40. The van der Waals surface area contributed by atoms with E-state index in [1.807, 2.05) is 12.4 Å². The second kappa shape index (κ2) is 3.79. The Morgan fingerprint density at radius 1 is 1.50 bits per heavy atom. The number of rotatable bonds is 1. The van der Waals surface area contributed by atoms with Gasteiger partial charge in [0.25, 0.3) is 0 Å². The topological polar surface area (TPSA) is 49.6 Å². The zero-order valence-electron chi connectivity index (χ0n) is 9.06. The number of nitrogens with zero attached hydrogens (tertiary/aromatic N) is 2. The molecule has 3 heterocycles. The molecule has 84 valence electrons. The second-order valence-corrected chi connectivity index (χ2v) is 4.34. The Balaban J connectivity index is 2.03. The summed E-state index contributed by atoms with van der Waals surface area (Å²) in [6, 6.07) is 3.45. The Bertz CT molecular complexity index is 500. The molecule has 2 N–H and O–H groups in total. The average Bonchev–Trinajstić information content (AvgIpc) is 2.73. The molecular formula is C12H15N3O. The second-order valence-electron chi connectivity index (χ2n) is 4.34. The lowest BCUT2D eigenvalue weighted by molar-refractivity contribution is 0.445. The fraction of sp³-hybridized carbons (Fsp3) is 0.417. The molecule has 0 saturated carbocycles. The molecule has 4 heteroatoms. The first-order chi connectivity index (χ1) is 7.84. The van der Waals surface area contributed by atoms with Crippen molar-refractivity contribution in [1.82, 2.24) is 14.7 Å². The lowest BCUT2D eigenvalue weighted by Crippen LogP contribution is -2.29. The predicted octanol–water partition coefficient (Wildman–Crippen LogP) is 1.51. The van der Waals surface area contributed by atoms with Crippen LogP contribution in [0.15, 0.2) is 24.5 Å². The standard InChI is InChI=1S/C12H15N3O/c16-11-3-5-15-10(6-11)8-14-12(15)9-2-1-4-13-7-9/h3,5-6,8-9,13,16H,1-2,4,7H2. The van der Waals surface area contributed by atoms with Crippen molar-refractivity contribution in [3.8, 4) is 5.75 Å². The summed E-state index contributed by atoms with van der Waals surface area (Å²) in [6.07, 6.45) is 6.11. The van der Waals surface area contributed by atoms with E-state index in [9.17, 15) is 5.11 Å². The van der Waals surface area contributed by atoms with Gasteiger partial charge in [0.15, 0.2) is 0 Å². The highest BCUT2D eigenvalue weighted by Crippen LogP contribution is 2.24. The number of nitrogens with one attached hydrogen (secondary N) is 1. The van der Waals surface area contributed by atoms with Crippen LogP contribution in [0, 0.1) is 0 Å². The molecule has 0 aliphatic carbocycles. The first kappa shape index (κ1) is 9.66. The van der Waals surface area contributed by atoms with Crippen molar-refractivity contribution in [2.45, 2.75) is 18.8 Å². The number of hydrogen-bond acceptors (Lipinski definition) is 3. The molecule has 3 rings (SSSR count). The highest BCUT2D eigenvalue weighted by molar-refractivity contribution is 5.50. The van der Waals surface area contributed by atoms with Crippen LogP contribution in [0.4, 0.5) is 0 Å². The summed E-state index contributed by atoms with van der Waals surface area (Å²) in [6.45, 7) is 2.11.